The molecule has 114 valence electrons. The van der Waals surface area contributed by atoms with Crippen LogP contribution in [0.2, 0.25) is 0 Å². The zero-order valence-corrected chi connectivity index (χ0v) is 12.8. The standard InChI is InChI=1S/C14H24N2O4/c1-12(2)7-13(3,16-11(18)19-5)10(6-17)14(4,8-12)20-9-15/h7-9,15H2,1-5H3,(H,16,18). The van der Waals surface area contributed by atoms with Gasteiger partial charge in [0.05, 0.1) is 25.0 Å². The molecule has 1 fully saturated rings. The molecule has 0 aliphatic heterocycles. The summed E-state index contributed by atoms with van der Waals surface area (Å²) in [5, 5.41) is 2.73. The maximum atomic E-state index is 11.6. The zero-order valence-electron chi connectivity index (χ0n) is 12.8. The lowest BCUT2D eigenvalue weighted by molar-refractivity contribution is -0.0624. The number of nitrogens with one attached hydrogen (secondary N) is 1. The summed E-state index contributed by atoms with van der Waals surface area (Å²) in [7, 11) is 1.28. The highest BCUT2D eigenvalue weighted by molar-refractivity contribution is 5.72. The van der Waals surface area contributed by atoms with Crippen LogP contribution in [-0.2, 0) is 14.3 Å². The van der Waals surface area contributed by atoms with Crippen molar-refractivity contribution < 1.29 is 19.1 Å². The highest BCUT2D eigenvalue weighted by atomic mass is 16.5. The number of amides is 1. The van der Waals surface area contributed by atoms with Gasteiger partial charge in [0.1, 0.15) is 11.5 Å². The van der Waals surface area contributed by atoms with Gasteiger partial charge in [-0.05, 0) is 32.1 Å². The van der Waals surface area contributed by atoms with E-state index in [1.165, 1.54) is 7.11 Å². The maximum Gasteiger partial charge on any atom is 0.407 e. The largest absolute Gasteiger partial charge is 0.453 e. The smallest absolute Gasteiger partial charge is 0.407 e. The first-order valence-electron chi connectivity index (χ1n) is 6.59. The molecule has 20 heavy (non-hydrogen) atoms. The van der Waals surface area contributed by atoms with E-state index in [4.69, 9.17) is 10.5 Å². The van der Waals surface area contributed by atoms with Gasteiger partial charge in [-0.15, -0.1) is 0 Å². The minimum absolute atomic E-state index is 0.00787. The summed E-state index contributed by atoms with van der Waals surface area (Å²) in [6.07, 6.45) is 0.622. The van der Waals surface area contributed by atoms with Crippen molar-refractivity contribution >= 4 is 12.0 Å². The number of rotatable bonds is 3. The Bertz CT molecular complexity index is 442. The van der Waals surface area contributed by atoms with Crippen LogP contribution in [0.1, 0.15) is 40.5 Å². The fourth-order valence-electron chi connectivity index (χ4n) is 3.60. The van der Waals surface area contributed by atoms with Gasteiger partial charge in [-0.3, -0.25) is 0 Å². The molecule has 1 saturated carbocycles. The number of carbonyl (C=O) groups is 1. The minimum atomic E-state index is -0.874. The molecule has 2 unspecified atom stereocenters. The Morgan fingerprint density at radius 1 is 1.35 bits per heavy atom. The van der Waals surface area contributed by atoms with Crippen LogP contribution in [0.5, 0.6) is 0 Å². The SMILES string of the molecule is COC(=O)NC1(C)CC(C)(C)CC(C)(OCN)C1=C=O. The molecule has 0 radical (unpaired) electrons. The van der Waals surface area contributed by atoms with E-state index in [0.29, 0.717) is 18.4 Å². The highest BCUT2D eigenvalue weighted by Gasteiger charge is 2.53. The van der Waals surface area contributed by atoms with E-state index in [-0.39, 0.29) is 12.1 Å². The second-order valence-corrected chi connectivity index (χ2v) is 6.49. The van der Waals surface area contributed by atoms with Crippen LogP contribution in [0.15, 0.2) is 5.57 Å². The number of hydrogen-bond donors (Lipinski definition) is 2. The molecule has 2 atom stereocenters. The van der Waals surface area contributed by atoms with Crippen molar-refractivity contribution in [2.24, 2.45) is 11.1 Å². The number of ether oxygens (including phenoxy) is 2. The number of alkyl carbamates (subject to hydrolysis) is 1. The molecule has 0 heterocycles. The van der Waals surface area contributed by atoms with E-state index in [9.17, 15) is 9.59 Å². The van der Waals surface area contributed by atoms with Gasteiger partial charge < -0.3 is 20.5 Å². The van der Waals surface area contributed by atoms with Crippen LogP contribution in [0.25, 0.3) is 0 Å². The fourth-order valence-corrected chi connectivity index (χ4v) is 3.60. The van der Waals surface area contributed by atoms with Crippen molar-refractivity contribution in [1.29, 1.82) is 0 Å². The van der Waals surface area contributed by atoms with Gasteiger partial charge in [-0.25, -0.2) is 9.59 Å². The quantitative estimate of drug-likeness (QED) is 0.603. The van der Waals surface area contributed by atoms with Crippen molar-refractivity contribution in [1.82, 2.24) is 5.32 Å². The molecule has 0 bridgehead atoms. The lowest BCUT2D eigenvalue weighted by Gasteiger charge is -2.51. The maximum absolute atomic E-state index is 11.6. The number of hydrogen-bond acceptors (Lipinski definition) is 5. The molecule has 3 N–H and O–H groups in total. The molecule has 0 aromatic carbocycles. The molecule has 1 rings (SSSR count). The second kappa shape index (κ2) is 5.56. The third-order valence-electron chi connectivity index (χ3n) is 3.80. The van der Waals surface area contributed by atoms with E-state index in [1.54, 1.807) is 13.8 Å². The molecule has 6 nitrogen and oxygen atoms in total. The van der Waals surface area contributed by atoms with Gasteiger partial charge in [-0.1, -0.05) is 13.8 Å². The van der Waals surface area contributed by atoms with Crippen molar-refractivity contribution in [3.63, 3.8) is 0 Å². The van der Waals surface area contributed by atoms with Gasteiger partial charge in [0.25, 0.3) is 0 Å². The monoisotopic (exact) mass is 284 g/mol. The van der Waals surface area contributed by atoms with Gasteiger partial charge in [-0.2, -0.15) is 0 Å². The van der Waals surface area contributed by atoms with E-state index in [0.717, 1.165) is 0 Å². The van der Waals surface area contributed by atoms with Crippen LogP contribution < -0.4 is 11.1 Å². The van der Waals surface area contributed by atoms with Gasteiger partial charge in [0.2, 0.25) is 0 Å². The van der Waals surface area contributed by atoms with E-state index >= 15 is 0 Å². The summed E-state index contributed by atoms with van der Waals surface area (Å²) in [6, 6.07) is 0. The zero-order chi connectivity index (χ0) is 15.6. The normalized spacial score (nSPS) is 32.4. The van der Waals surface area contributed by atoms with Gasteiger partial charge in [0, 0.05) is 0 Å². The third-order valence-corrected chi connectivity index (χ3v) is 3.80. The van der Waals surface area contributed by atoms with Crippen LogP contribution in [-0.4, -0.2) is 37.0 Å². The van der Waals surface area contributed by atoms with Gasteiger partial charge in [0.15, 0.2) is 0 Å². The molecule has 0 saturated heterocycles. The van der Waals surface area contributed by atoms with E-state index in [2.05, 4.69) is 23.9 Å². The summed E-state index contributed by atoms with van der Waals surface area (Å²) < 4.78 is 10.3. The summed E-state index contributed by atoms with van der Waals surface area (Å²) in [5.74, 6) is 1.95. The Balaban J connectivity index is 3.27. The van der Waals surface area contributed by atoms with Crippen molar-refractivity contribution in [2.75, 3.05) is 13.8 Å². The number of methoxy groups -OCH3 is 1. The van der Waals surface area contributed by atoms with Crippen LogP contribution in [0.3, 0.4) is 0 Å². The Hall–Kier alpha value is -1.36. The molecule has 1 aliphatic carbocycles. The van der Waals surface area contributed by atoms with Crippen molar-refractivity contribution in [2.45, 2.75) is 51.7 Å². The third kappa shape index (κ3) is 3.20. The summed E-state index contributed by atoms with van der Waals surface area (Å²) in [4.78, 5) is 23.1. The lowest BCUT2D eigenvalue weighted by atomic mass is 9.60. The predicted molar refractivity (Wildman–Crippen MR) is 74.7 cm³/mol. The van der Waals surface area contributed by atoms with E-state index in [1.807, 2.05) is 5.94 Å². The Labute approximate surface area is 119 Å². The Morgan fingerprint density at radius 3 is 2.40 bits per heavy atom. The van der Waals surface area contributed by atoms with E-state index < -0.39 is 17.2 Å². The first kappa shape index (κ1) is 16.7. The molecular weight excluding hydrogens is 260 g/mol. The Kier molecular flexibility index (Phi) is 4.64. The second-order valence-electron chi connectivity index (χ2n) is 6.49. The first-order chi connectivity index (χ1) is 9.12. The average molecular weight is 284 g/mol. The summed E-state index contributed by atoms with van der Waals surface area (Å²) in [6.45, 7) is 7.70. The molecule has 0 aromatic heterocycles. The number of nitrogens with two attached hydrogens (primary N) is 1. The van der Waals surface area contributed by atoms with Crippen LogP contribution in [0.4, 0.5) is 4.79 Å². The van der Waals surface area contributed by atoms with Crippen LogP contribution in [0, 0.1) is 5.41 Å². The molecule has 6 heteroatoms. The van der Waals surface area contributed by atoms with Crippen LogP contribution >= 0.6 is 0 Å². The molecular formula is C14H24N2O4. The predicted octanol–water partition coefficient (Wildman–Crippen LogP) is 1.37. The summed E-state index contributed by atoms with van der Waals surface area (Å²) in [5.41, 5.74) is 3.98. The van der Waals surface area contributed by atoms with Crippen molar-refractivity contribution in [3.8, 4) is 0 Å². The molecule has 0 aromatic rings. The average Bonchev–Trinajstić information content (AvgIpc) is 2.25. The highest BCUT2D eigenvalue weighted by Crippen LogP contribution is 2.49. The molecule has 1 amide bonds. The topological polar surface area (TPSA) is 90.7 Å². The molecule has 0 spiro atoms. The molecule has 1 aliphatic rings. The fraction of sp³-hybridized carbons (Fsp3) is 0.786. The van der Waals surface area contributed by atoms with Gasteiger partial charge >= 0.3 is 6.09 Å². The van der Waals surface area contributed by atoms with Crippen molar-refractivity contribution in [3.05, 3.63) is 5.57 Å². The Morgan fingerprint density at radius 2 is 1.95 bits per heavy atom. The minimum Gasteiger partial charge on any atom is -0.453 e. The summed E-state index contributed by atoms with van der Waals surface area (Å²) >= 11 is 0. The number of carbonyl (C=O) groups excluding carboxylic acids is 2. The first-order valence-corrected chi connectivity index (χ1v) is 6.59. The lowest BCUT2D eigenvalue weighted by Crippen LogP contribution is -2.60.